The molecule has 2 N–H and O–H groups in total. The lowest BCUT2D eigenvalue weighted by Gasteiger charge is -2.24. The second-order valence-electron chi connectivity index (χ2n) is 4.24. The topological polar surface area (TPSA) is 67.4 Å². The van der Waals surface area contributed by atoms with Crippen LogP contribution in [0.1, 0.15) is 12.8 Å². The van der Waals surface area contributed by atoms with Crippen molar-refractivity contribution in [3.8, 4) is 5.75 Å². The Morgan fingerprint density at radius 2 is 2.17 bits per heavy atom. The molecule has 0 spiro atoms. The molecule has 0 aromatic heterocycles. The van der Waals surface area contributed by atoms with Crippen molar-refractivity contribution in [2.24, 2.45) is 0 Å². The van der Waals surface area contributed by atoms with Gasteiger partial charge >= 0.3 is 0 Å². The molecule has 5 nitrogen and oxygen atoms in total. The molecule has 1 aliphatic heterocycles. The van der Waals surface area contributed by atoms with Crippen LogP contribution in [0.25, 0.3) is 0 Å². The zero-order valence-electron chi connectivity index (χ0n) is 10.3. The Bertz CT molecular complexity index is 496. The van der Waals surface area contributed by atoms with Crippen LogP contribution in [0.15, 0.2) is 29.2 Å². The van der Waals surface area contributed by atoms with Gasteiger partial charge in [0, 0.05) is 6.54 Å². The highest BCUT2D eigenvalue weighted by Gasteiger charge is 2.21. The lowest BCUT2D eigenvalue weighted by molar-refractivity contribution is 0.163. The highest BCUT2D eigenvalue weighted by molar-refractivity contribution is 7.89. The Balaban J connectivity index is 2.22. The molecule has 0 aliphatic carbocycles. The van der Waals surface area contributed by atoms with E-state index in [-0.39, 0.29) is 11.0 Å². The molecule has 0 saturated carbocycles. The standard InChI is InChI=1S/C12H18N2O3S/c1-13-18(15,16)12-7-3-2-6-11(12)17-10-5-4-8-14-9-10/h2-3,6-7,10,13-14H,4-5,8-9H2,1H3. The maximum absolute atomic E-state index is 11.9. The zero-order valence-corrected chi connectivity index (χ0v) is 11.2. The fourth-order valence-electron chi connectivity index (χ4n) is 1.98. The highest BCUT2D eigenvalue weighted by Crippen LogP contribution is 2.25. The van der Waals surface area contributed by atoms with Gasteiger partial charge in [0.15, 0.2) is 0 Å². The molecule has 18 heavy (non-hydrogen) atoms. The van der Waals surface area contributed by atoms with Gasteiger partial charge in [0.25, 0.3) is 0 Å². The van der Waals surface area contributed by atoms with Gasteiger partial charge in [-0.05, 0) is 38.6 Å². The van der Waals surface area contributed by atoms with Crippen LogP contribution >= 0.6 is 0 Å². The van der Waals surface area contributed by atoms with Gasteiger partial charge < -0.3 is 10.1 Å². The van der Waals surface area contributed by atoms with Crippen LogP contribution in [0.5, 0.6) is 5.75 Å². The van der Waals surface area contributed by atoms with Crippen LogP contribution in [0.4, 0.5) is 0 Å². The van der Waals surface area contributed by atoms with Crippen molar-refractivity contribution < 1.29 is 13.2 Å². The fraction of sp³-hybridized carbons (Fsp3) is 0.500. The predicted octanol–water partition coefficient (Wildman–Crippen LogP) is 0.725. The maximum atomic E-state index is 11.9. The van der Waals surface area contributed by atoms with Gasteiger partial charge in [-0.1, -0.05) is 12.1 Å². The summed E-state index contributed by atoms with van der Waals surface area (Å²) >= 11 is 0. The van der Waals surface area contributed by atoms with Gasteiger partial charge in [-0.25, -0.2) is 13.1 Å². The Labute approximate surface area is 108 Å². The molecule has 100 valence electrons. The quantitative estimate of drug-likeness (QED) is 0.846. The second kappa shape index (κ2) is 5.69. The molecule has 1 aromatic carbocycles. The van der Waals surface area contributed by atoms with E-state index in [4.69, 9.17) is 4.74 Å². The maximum Gasteiger partial charge on any atom is 0.243 e. The van der Waals surface area contributed by atoms with Crippen LogP contribution in [-0.2, 0) is 10.0 Å². The number of nitrogens with one attached hydrogen (secondary N) is 2. The number of hydrogen-bond acceptors (Lipinski definition) is 4. The summed E-state index contributed by atoms with van der Waals surface area (Å²) in [5.41, 5.74) is 0. The second-order valence-corrected chi connectivity index (χ2v) is 6.10. The van der Waals surface area contributed by atoms with Crippen molar-refractivity contribution in [3.05, 3.63) is 24.3 Å². The SMILES string of the molecule is CNS(=O)(=O)c1ccccc1OC1CCCNC1. The van der Waals surface area contributed by atoms with Gasteiger partial charge in [0.05, 0.1) is 0 Å². The van der Waals surface area contributed by atoms with Gasteiger partial charge in [0.2, 0.25) is 10.0 Å². The number of rotatable bonds is 4. The zero-order chi connectivity index (χ0) is 13.0. The number of benzene rings is 1. The summed E-state index contributed by atoms with van der Waals surface area (Å²) in [4.78, 5) is 0.193. The molecular formula is C12H18N2O3S. The first kappa shape index (κ1) is 13.3. The van der Waals surface area contributed by atoms with Crippen molar-refractivity contribution in [2.45, 2.75) is 23.8 Å². The van der Waals surface area contributed by atoms with Crippen molar-refractivity contribution in [1.82, 2.24) is 10.0 Å². The van der Waals surface area contributed by atoms with Crippen molar-refractivity contribution in [2.75, 3.05) is 20.1 Å². The van der Waals surface area contributed by atoms with Gasteiger partial charge in [-0.2, -0.15) is 0 Å². The lowest BCUT2D eigenvalue weighted by Crippen LogP contribution is -2.37. The number of sulfonamides is 1. The summed E-state index contributed by atoms with van der Waals surface area (Å²) < 4.78 is 31.8. The number of hydrogen-bond donors (Lipinski definition) is 2. The number of ether oxygens (including phenoxy) is 1. The summed E-state index contributed by atoms with van der Waals surface area (Å²) in [6.45, 7) is 1.75. The molecule has 6 heteroatoms. The van der Waals surface area contributed by atoms with E-state index in [9.17, 15) is 8.42 Å². The third kappa shape index (κ3) is 3.01. The molecule has 1 aliphatic rings. The average molecular weight is 270 g/mol. The van der Waals surface area contributed by atoms with E-state index in [1.165, 1.54) is 7.05 Å². The van der Waals surface area contributed by atoms with Crippen LogP contribution < -0.4 is 14.8 Å². The van der Waals surface area contributed by atoms with E-state index >= 15 is 0 Å². The summed E-state index contributed by atoms with van der Waals surface area (Å²) in [5, 5.41) is 3.24. The first-order chi connectivity index (χ1) is 8.63. The van der Waals surface area contributed by atoms with Crippen LogP contribution in [0.3, 0.4) is 0 Å². The molecule has 1 unspecified atom stereocenters. The lowest BCUT2D eigenvalue weighted by atomic mass is 10.1. The Hall–Kier alpha value is -1.11. The van der Waals surface area contributed by atoms with E-state index in [0.29, 0.717) is 5.75 Å². The molecular weight excluding hydrogens is 252 g/mol. The predicted molar refractivity (Wildman–Crippen MR) is 69.2 cm³/mol. The molecule has 1 heterocycles. The first-order valence-electron chi connectivity index (χ1n) is 6.03. The van der Waals surface area contributed by atoms with E-state index < -0.39 is 10.0 Å². The Kier molecular flexibility index (Phi) is 4.21. The molecule has 1 fully saturated rings. The number of para-hydroxylation sites is 1. The van der Waals surface area contributed by atoms with Crippen LogP contribution in [0, 0.1) is 0 Å². The molecule has 2 rings (SSSR count). The van der Waals surface area contributed by atoms with E-state index in [1.807, 2.05) is 0 Å². The fourth-order valence-corrected chi connectivity index (χ4v) is 2.84. The van der Waals surface area contributed by atoms with E-state index in [1.54, 1.807) is 24.3 Å². The molecule has 0 bridgehead atoms. The molecule has 0 radical (unpaired) electrons. The highest BCUT2D eigenvalue weighted by atomic mass is 32.2. The summed E-state index contributed by atoms with van der Waals surface area (Å²) in [7, 11) is -2.08. The molecule has 0 amide bonds. The van der Waals surface area contributed by atoms with Crippen molar-refractivity contribution in [3.63, 3.8) is 0 Å². The smallest absolute Gasteiger partial charge is 0.243 e. The van der Waals surface area contributed by atoms with Crippen LogP contribution in [0.2, 0.25) is 0 Å². The van der Waals surface area contributed by atoms with E-state index in [0.717, 1.165) is 25.9 Å². The van der Waals surface area contributed by atoms with Gasteiger partial charge in [0.1, 0.15) is 16.7 Å². The van der Waals surface area contributed by atoms with Crippen molar-refractivity contribution in [1.29, 1.82) is 0 Å². The third-order valence-corrected chi connectivity index (χ3v) is 4.41. The average Bonchev–Trinajstić information content (AvgIpc) is 2.40. The van der Waals surface area contributed by atoms with Gasteiger partial charge in [-0.3, -0.25) is 0 Å². The normalized spacial score (nSPS) is 20.6. The monoisotopic (exact) mass is 270 g/mol. The minimum Gasteiger partial charge on any atom is -0.488 e. The van der Waals surface area contributed by atoms with Crippen molar-refractivity contribution >= 4 is 10.0 Å². The van der Waals surface area contributed by atoms with Gasteiger partial charge in [-0.15, -0.1) is 0 Å². The summed E-state index contributed by atoms with van der Waals surface area (Å²) in [5.74, 6) is 0.417. The summed E-state index contributed by atoms with van der Waals surface area (Å²) in [6.07, 6.45) is 2.03. The number of piperidine rings is 1. The Morgan fingerprint density at radius 1 is 1.39 bits per heavy atom. The molecule has 1 atom stereocenters. The minimum absolute atomic E-state index is 0.0342. The summed E-state index contributed by atoms with van der Waals surface area (Å²) in [6, 6.07) is 6.72. The molecule has 1 saturated heterocycles. The first-order valence-corrected chi connectivity index (χ1v) is 7.52. The largest absolute Gasteiger partial charge is 0.488 e. The third-order valence-electron chi connectivity index (χ3n) is 2.95. The van der Waals surface area contributed by atoms with Crippen LogP contribution in [-0.4, -0.2) is 34.7 Å². The Morgan fingerprint density at radius 3 is 2.83 bits per heavy atom. The minimum atomic E-state index is -3.48. The molecule has 1 aromatic rings. The van der Waals surface area contributed by atoms with E-state index in [2.05, 4.69) is 10.0 Å².